The second-order valence-electron chi connectivity index (χ2n) is 6.91. The highest BCUT2D eigenvalue weighted by atomic mass is 16.3. The van der Waals surface area contributed by atoms with E-state index in [-0.39, 0.29) is 12.5 Å². The topological polar surface area (TPSA) is 43.8 Å². The maximum atomic E-state index is 12.8. The number of benzene rings is 2. The van der Waals surface area contributed by atoms with Crippen LogP contribution in [0.2, 0.25) is 0 Å². The van der Waals surface area contributed by atoms with Crippen LogP contribution >= 0.6 is 0 Å². The average molecular weight is 324 g/mol. The first-order chi connectivity index (χ1) is 11.8. The zero-order chi connectivity index (χ0) is 16.5. The highest BCUT2D eigenvalue weighted by Crippen LogP contribution is 2.50. The van der Waals surface area contributed by atoms with Gasteiger partial charge in [0.05, 0.1) is 6.61 Å². The van der Waals surface area contributed by atoms with Gasteiger partial charge in [-0.2, -0.15) is 0 Å². The van der Waals surface area contributed by atoms with Crippen LogP contribution in [0, 0.1) is 5.92 Å². The third-order valence-electron chi connectivity index (χ3n) is 5.43. The van der Waals surface area contributed by atoms with E-state index in [0.717, 1.165) is 32.6 Å². The van der Waals surface area contributed by atoms with Crippen molar-refractivity contribution in [2.45, 2.75) is 12.3 Å². The van der Waals surface area contributed by atoms with Gasteiger partial charge in [-0.3, -0.25) is 9.69 Å². The van der Waals surface area contributed by atoms with Gasteiger partial charge in [0.25, 0.3) is 0 Å². The van der Waals surface area contributed by atoms with Crippen molar-refractivity contribution in [2.75, 3.05) is 39.3 Å². The van der Waals surface area contributed by atoms with Crippen LogP contribution in [0.5, 0.6) is 0 Å². The lowest BCUT2D eigenvalue weighted by atomic mass is 10.00. The van der Waals surface area contributed by atoms with Gasteiger partial charge in [-0.1, -0.05) is 42.5 Å². The SMILES string of the molecule is O=C(C1CC1c1cccc2ccccc12)N1CCN(CCO)CC1. The molecule has 0 radical (unpaired) electrons. The zero-order valence-electron chi connectivity index (χ0n) is 13.9. The smallest absolute Gasteiger partial charge is 0.226 e. The van der Waals surface area contributed by atoms with Crippen LogP contribution in [-0.2, 0) is 4.79 Å². The fraction of sp³-hybridized carbons (Fsp3) is 0.450. The van der Waals surface area contributed by atoms with Crippen molar-refractivity contribution < 1.29 is 9.90 Å². The van der Waals surface area contributed by atoms with E-state index in [0.29, 0.717) is 18.4 Å². The van der Waals surface area contributed by atoms with Gasteiger partial charge in [0.1, 0.15) is 0 Å². The number of nitrogens with zero attached hydrogens (tertiary/aromatic N) is 2. The molecule has 0 spiro atoms. The summed E-state index contributed by atoms with van der Waals surface area (Å²) in [4.78, 5) is 17.0. The van der Waals surface area contributed by atoms with E-state index in [1.807, 2.05) is 4.90 Å². The van der Waals surface area contributed by atoms with Gasteiger partial charge in [-0.05, 0) is 28.7 Å². The summed E-state index contributed by atoms with van der Waals surface area (Å²) in [5, 5.41) is 11.6. The molecule has 2 fully saturated rings. The molecule has 1 aliphatic carbocycles. The number of rotatable bonds is 4. The van der Waals surface area contributed by atoms with Crippen molar-refractivity contribution in [3.8, 4) is 0 Å². The summed E-state index contributed by atoms with van der Waals surface area (Å²) in [6.07, 6.45) is 0.976. The summed E-state index contributed by atoms with van der Waals surface area (Å²) in [5.74, 6) is 0.843. The molecule has 24 heavy (non-hydrogen) atoms. The van der Waals surface area contributed by atoms with Crippen molar-refractivity contribution >= 4 is 16.7 Å². The Morgan fingerprint density at radius 1 is 1.04 bits per heavy atom. The molecule has 1 N–H and O–H groups in total. The Kier molecular flexibility index (Phi) is 4.25. The number of β-amino-alcohol motifs (C(OH)–C–C–N with tert-alkyl or cyclic N) is 1. The lowest BCUT2D eigenvalue weighted by Gasteiger charge is -2.34. The fourth-order valence-electron chi connectivity index (χ4n) is 3.95. The summed E-state index contributed by atoms with van der Waals surface area (Å²) in [5.41, 5.74) is 1.32. The number of carbonyl (C=O) groups is 1. The third-order valence-corrected chi connectivity index (χ3v) is 5.43. The van der Waals surface area contributed by atoms with E-state index in [4.69, 9.17) is 5.11 Å². The Morgan fingerprint density at radius 3 is 2.58 bits per heavy atom. The maximum Gasteiger partial charge on any atom is 0.226 e. The molecule has 1 heterocycles. The summed E-state index contributed by atoms with van der Waals surface area (Å²) < 4.78 is 0. The van der Waals surface area contributed by atoms with Gasteiger partial charge in [-0.15, -0.1) is 0 Å². The molecule has 2 aliphatic rings. The Morgan fingerprint density at radius 2 is 1.79 bits per heavy atom. The van der Waals surface area contributed by atoms with Gasteiger partial charge in [0.15, 0.2) is 0 Å². The molecule has 4 rings (SSSR count). The summed E-state index contributed by atoms with van der Waals surface area (Å²) in [7, 11) is 0. The summed E-state index contributed by atoms with van der Waals surface area (Å²) in [6, 6.07) is 14.9. The number of hydrogen-bond acceptors (Lipinski definition) is 3. The van der Waals surface area contributed by atoms with E-state index >= 15 is 0 Å². The number of fused-ring (bicyclic) bond motifs is 1. The second-order valence-corrected chi connectivity index (χ2v) is 6.91. The molecular weight excluding hydrogens is 300 g/mol. The third kappa shape index (κ3) is 2.92. The quantitative estimate of drug-likeness (QED) is 0.936. The van der Waals surface area contributed by atoms with Crippen molar-refractivity contribution in [1.29, 1.82) is 0 Å². The Balaban J connectivity index is 1.43. The van der Waals surface area contributed by atoms with Crippen molar-refractivity contribution in [3.63, 3.8) is 0 Å². The Hall–Kier alpha value is -1.91. The van der Waals surface area contributed by atoms with Gasteiger partial charge in [0, 0.05) is 38.6 Å². The first-order valence-electron chi connectivity index (χ1n) is 8.87. The molecule has 1 saturated carbocycles. The number of aliphatic hydroxyl groups excluding tert-OH is 1. The van der Waals surface area contributed by atoms with E-state index in [2.05, 4.69) is 47.4 Å². The number of carbonyl (C=O) groups excluding carboxylic acids is 1. The molecule has 0 aromatic heterocycles. The monoisotopic (exact) mass is 324 g/mol. The minimum Gasteiger partial charge on any atom is -0.395 e. The molecular formula is C20H24N2O2. The van der Waals surface area contributed by atoms with E-state index in [9.17, 15) is 4.79 Å². The van der Waals surface area contributed by atoms with Crippen LogP contribution in [-0.4, -0.2) is 60.1 Å². The van der Waals surface area contributed by atoms with Gasteiger partial charge in [-0.25, -0.2) is 0 Å². The lowest BCUT2D eigenvalue weighted by molar-refractivity contribution is -0.134. The highest BCUT2D eigenvalue weighted by Gasteiger charge is 2.46. The standard InChI is InChI=1S/C20H24N2O2/c23-13-12-21-8-10-22(11-9-21)20(24)19-14-18(19)17-7-3-5-15-4-1-2-6-16(15)17/h1-7,18-19,23H,8-14H2. The van der Waals surface area contributed by atoms with Crippen LogP contribution in [0.4, 0.5) is 0 Å². The van der Waals surface area contributed by atoms with Crippen LogP contribution in [0.3, 0.4) is 0 Å². The van der Waals surface area contributed by atoms with Crippen LogP contribution in [0.1, 0.15) is 17.9 Å². The first kappa shape index (κ1) is 15.6. The average Bonchev–Trinajstić information content (AvgIpc) is 3.42. The lowest BCUT2D eigenvalue weighted by Crippen LogP contribution is -2.49. The second kappa shape index (κ2) is 6.54. The number of amides is 1. The van der Waals surface area contributed by atoms with Gasteiger partial charge in [0.2, 0.25) is 5.91 Å². The van der Waals surface area contributed by atoms with Crippen LogP contribution < -0.4 is 0 Å². The van der Waals surface area contributed by atoms with Crippen molar-refractivity contribution in [1.82, 2.24) is 9.80 Å². The van der Waals surface area contributed by atoms with E-state index in [1.54, 1.807) is 0 Å². The molecule has 0 bridgehead atoms. The van der Waals surface area contributed by atoms with E-state index in [1.165, 1.54) is 16.3 Å². The van der Waals surface area contributed by atoms with Crippen molar-refractivity contribution in [3.05, 3.63) is 48.0 Å². The summed E-state index contributed by atoms with van der Waals surface area (Å²) in [6.45, 7) is 4.23. The highest BCUT2D eigenvalue weighted by molar-refractivity contribution is 5.89. The predicted octanol–water partition coefficient (Wildman–Crippen LogP) is 2.08. The van der Waals surface area contributed by atoms with Gasteiger partial charge >= 0.3 is 0 Å². The predicted molar refractivity (Wildman–Crippen MR) is 94.9 cm³/mol. The molecule has 1 amide bonds. The molecule has 4 nitrogen and oxygen atoms in total. The minimum absolute atomic E-state index is 0.153. The van der Waals surface area contributed by atoms with Crippen LogP contribution in [0.25, 0.3) is 10.8 Å². The summed E-state index contributed by atoms with van der Waals surface area (Å²) >= 11 is 0. The normalized spacial score (nSPS) is 24.3. The molecule has 4 heteroatoms. The minimum atomic E-state index is 0.153. The largest absolute Gasteiger partial charge is 0.395 e. The van der Waals surface area contributed by atoms with E-state index < -0.39 is 0 Å². The molecule has 2 aromatic rings. The molecule has 2 aromatic carbocycles. The first-order valence-corrected chi connectivity index (χ1v) is 8.87. The fourth-order valence-corrected chi connectivity index (χ4v) is 3.95. The van der Waals surface area contributed by atoms with Crippen molar-refractivity contribution in [2.24, 2.45) is 5.92 Å². The zero-order valence-corrected chi connectivity index (χ0v) is 13.9. The number of hydrogen-bond donors (Lipinski definition) is 1. The molecule has 1 saturated heterocycles. The maximum absolute atomic E-state index is 12.8. The Bertz CT molecular complexity index is 732. The number of aliphatic hydroxyl groups is 1. The number of piperazine rings is 1. The van der Waals surface area contributed by atoms with Crippen LogP contribution in [0.15, 0.2) is 42.5 Å². The Labute approximate surface area is 142 Å². The molecule has 1 aliphatic heterocycles. The van der Waals surface area contributed by atoms with Gasteiger partial charge < -0.3 is 10.0 Å². The molecule has 126 valence electrons. The molecule has 2 atom stereocenters. The molecule has 2 unspecified atom stereocenters.